The Labute approximate surface area is 154 Å². The first-order valence-corrected chi connectivity index (χ1v) is 8.74. The van der Waals surface area contributed by atoms with Gasteiger partial charge in [0.05, 0.1) is 6.61 Å². The van der Waals surface area contributed by atoms with Gasteiger partial charge in [-0.3, -0.25) is 9.59 Å². The van der Waals surface area contributed by atoms with Crippen molar-refractivity contribution < 1.29 is 14.3 Å². The molecule has 5 heteroatoms. The van der Waals surface area contributed by atoms with E-state index in [1.54, 1.807) is 24.3 Å². The molecule has 138 valence electrons. The molecule has 0 aromatic heterocycles. The molecular weight excluding hydrogens is 328 g/mol. The number of rotatable bonds is 7. The van der Waals surface area contributed by atoms with Crippen LogP contribution in [-0.4, -0.2) is 30.5 Å². The van der Waals surface area contributed by atoms with Crippen LogP contribution in [0.15, 0.2) is 54.6 Å². The summed E-state index contributed by atoms with van der Waals surface area (Å²) in [5.74, 6) is 0.512. The third-order valence-corrected chi connectivity index (χ3v) is 3.52. The van der Waals surface area contributed by atoms with Gasteiger partial charge in [-0.15, -0.1) is 0 Å². The van der Waals surface area contributed by atoms with Crippen molar-refractivity contribution in [2.24, 2.45) is 0 Å². The quantitative estimate of drug-likeness (QED) is 0.749. The highest BCUT2D eigenvalue weighted by atomic mass is 16.5. The van der Waals surface area contributed by atoms with Crippen LogP contribution >= 0.6 is 0 Å². The minimum absolute atomic E-state index is 0.150. The van der Waals surface area contributed by atoms with Gasteiger partial charge in [0.25, 0.3) is 11.8 Å². The first-order valence-electron chi connectivity index (χ1n) is 8.74. The van der Waals surface area contributed by atoms with Gasteiger partial charge >= 0.3 is 0 Å². The second-order valence-corrected chi connectivity index (χ2v) is 7.05. The maximum atomic E-state index is 12.1. The van der Waals surface area contributed by atoms with Crippen LogP contribution in [-0.2, 0) is 0 Å². The average Bonchev–Trinajstić information content (AvgIpc) is 2.61. The molecule has 0 aliphatic carbocycles. The Balaban J connectivity index is 1.74. The Morgan fingerprint density at radius 2 is 1.46 bits per heavy atom. The summed E-state index contributed by atoms with van der Waals surface area (Å²) in [7, 11) is 0. The molecule has 0 aliphatic rings. The number of ether oxygens (including phenoxy) is 1. The fourth-order valence-electron chi connectivity index (χ4n) is 2.27. The highest BCUT2D eigenvalue weighted by Crippen LogP contribution is 2.09. The summed E-state index contributed by atoms with van der Waals surface area (Å²) < 4.78 is 5.58. The summed E-state index contributed by atoms with van der Waals surface area (Å²) in [4.78, 5) is 24.2. The van der Waals surface area contributed by atoms with Crippen LogP contribution in [0, 0.1) is 0 Å². The lowest BCUT2D eigenvalue weighted by molar-refractivity contribution is 0.0915. The van der Waals surface area contributed by atoms with Crippen LogP contribution in [0.2, 0.25) is 0 Å². The summed E-state index contributed by atoms with van der Waals surface area (Å²) in [6, 6.07) is 16.2. The highest BCUT2D eigenvalue weighted by molar-refractivity contribution is 5.98. The molecular formula is C21H26N2O3. The maximum Gasteiger partial charge on any atom is 0.251 e. The van der Waals surface area contributed by atoms with Crippen molar-refractivity contribution in [3.05, 3.63) is 65.7 Å². The van der Waals surface area contributed by atoms with E-state index in [1.165, 1.54) is 0 Å². The first kappa shape index (κ1) is 19.5. The van der Waals surface area contributed by atoms with E-state index in [0.29, 0.717) is 30.7 Å². The Morgan fingerprint density at radius 3 is 2.04 bits per heavy atom. The Bertz CT molecular complexity index is 719. The normalized spacial score (nSPS) is 10.9. The molecule has 2 N–H and O–H groups in total. The van der Waals surface area contributed by atoms with E-state index in [9.17, 15) is 9.59 Å². The van der Waals surface area contributed by atoms with Gasteiger partial charge in [0.1, 0.15) is 5.75 Å². The van der Waals surface area contributed by atoms with E-state index in [4.69, 9.17) is 4.74 Å². The third-order valence-electron chi connectivity index (χ3n) is 3.52. The molecule has 26 heavy (non-hydrogen) atoms. The van der Waals surface area contributed by atoms with Crippen molar-refractivity contribution in [1.29, 1.82) is 0 Å². The predicted octanol–water partition coefficient (Wildman–Crippen LogP) is 3.41. The van der Waals surface area contributed by atoms with Gasteiger partial charge in [0.2, 0.25) is 0 Å². The fraction of sp³-hybridized carbons (Fsp3) is 0.333. The molecule has 2 amide bonds. The summed E-state index contributed by atoms with van der Waals surface area (Å²) >= 11 is 0. The van der Waals surface area contributed by atoms with E-state index in [-0.39, 0.29) is 17.4 Å². The zero-order chi connectivity index (χ0) is 19.0. The molecule has 0 bridgehead atoms. The van der Waals surface area contributed by atoms with Gasteiger partial charge in [-0.05, 0) is 63.6 Å². The average molecular weight is 354 g/mol. The topological polar surface area (TPSA) is 67.4 Å². The number of hydrogen-bond acceptors (Lipinski definition) is 3. The van der Waals surface area contributed by atoms with Crippen molar-refractivity contribution >= 4 is 11.8 Å². The summed E-state index contributed by atoms with van der Waals surface area (Å²) in [6.07, 6.45) is 0.715. The fourth-order valence-corrected chi connectivity index (χ4v) is 2.27. The molecule has 0 atom stereocenters. The molecule has 0 spiro atoms. The maximum absolute atomic E-state index is 12.1. The van der Waals surface area contributed by atoms with Crippen LogP contribution < -0.4 is 15.4 Å². The molecule has 2 aromatic carbocycles. The molecule has 2 aromatic rings. The summed E-state index contributed by atoms with van der Waals surface area (Å²) in [5.41, 5.74) is 0.767. The zero-order valence-electron chi connectivity index (χ0n) is 15.5. The van der Waals surface area contributed by atoms with E-state index in [0.717, 1.165) is 5.75 Å². The van der Waals surface area contributed by atoms with Crippen molar-refractivity contribution in [2.45, 2.75) is 32.7 Å². The molecule has 0 saturated carbocycles. The molecule has 0 fully saturated rings. The number of nitrogens with one attached hydrogen (secondary N) is 2. The van der Waals surface area contributed by atoms with E-state index in [2.05, 4.69) is 10.6 Å². The van der Waals surface area contributed by atoms with E-state index < -0.39 is 0 Å². The third kappa shape index (κ3) is 6.59. The summed E-state index contributed by atoms with van der Waals surface area (Å²) in [5, 5.41) is 5.75. The summed E-state index contributed by atoms with van der Waals surface area (Å²) in [6.45, 7) is 6.84. The van der Waals surface area contributed by atoms with Crippen molar-refractivity contribution in [2.75, 3.05) is 13.2 Å². The van der Waals surface area contributed by atoms with Gasteiger partial charge < -0.3 is 15.4 Å². The smallest absolute Gasteiger partial charge is 0.251 e. The number of benzene rings is 2. The molecule has 0 heterocycles. The number of hydrogen-bond donors (Lipinski definition) is 2. The minimum Gasteiger partial charge on any atom is -0.494 e. The monoisotopic (exact) mass is 354 g/mol. The van der Waals surface area contributed by atoms with Gasteiger partial charge in [-0.25, -0.2) is 0 Å². The Morgan fingerprint density at radius 1 is 0.885 bits per heavy atom. The molecule has 2 rings (SSSR count). The van der Waals surface area contributed by atoms with Crippen molar-refractivity contribution in [1.82, 2.24) is 10.6 Å². The Hall–Kier alpha value is -2.82. The first-order chi connectivity index (χ1) is 12.3. The van der Waals surface area contributed by atoms with E-state index in [1.807, 2.05) is 51.1 Å². The molecule has 0 unspecified atom stereocenters. The standard InChI is InChI=1S/C21H26N2O3/c1-21(2,3)23-20(25)17-12-10-16(11-13-17)19(24)22-14-7-15-26-18-8-5-4-6-9-18/h4-6,8-13H,7,14-15H2,1-3H3,(H,22,24)(H,23,25). The van der Waals surface area contributed by atoms with Gasteiger partial charge in [0, 0.05) is 23.2 Å². The number of amides is 2. The van der Waals surface area contributed by atoms with E-state index >= 15 is 0 Å². The molecule has 0 saturated heterocycles. The minimum atomic E-state index is -0.297. The largest absolute Gasteiger partial charge is 0.494 e. The second-order valence-electron chi connectivity index (χ2n) is 7.05. The van der Waals surface area contributed by atoms with Gasteiger partial charge in [-0.1, -0.05) is 18.2 Å². The Kier molecular flexibility index (Phi) is 6.78. The molecule has 0 aliphatic heterocycles. The highest BCUT2D eigenvalue weighted by Gasteiger charge is 2.15. The number of para-hydroxylation sites is 1. The van der Waals surface area contributed by atoms with Crippen LogP contribution in [0.25, 0.3) is 0 Å². The van der Waals surface area contributed by atoms with Crippen LogP contribution in [0.3, 0.4) is 0 Å². The van der Waals surface area contributed by atoms with Gasteiger partial charge in [0.15, 0.2) is 0 Å². The second kappa shape index (κ2) is 9.04. The number of carbonyl (C=O) groups is 2. The lowest BCUT2D eigenvalue weighted by Crippen LogP contribution is -2.40. The predicted molar refractivity (Wildman–Crippen MR) is 103 cm³/mol. The molecule has 0 radical (unpaired) electrons. The van der Waals surface area contributed by atoms with Crippen molar-refractivity contribution in [3.63, 3.8) is 0 Å². The zero-order valence-corrected chi connectivity index (χ0v) is 15.5. The lowest BCUT2D eigenvalue weighted by Gasteiger charge is -2.20. The van der Waals surface area contributed by atoms with Crippen LogP contribution in [0.1, 0.15) is 47.9 Å². The SMILES string of the molecule is CC(C)(C)NC(=O)c1ccc(C(=O)NCCCOc2ccccc2)cc1. The van der Waals surface area contributed by atoms with Crippen LogP contribution in [0.4, 0.5) is 0 Å². The molecule has 5 nitrogen and oxygen atoms in total. The van der Waals surface area contributed by atoms with Gasteiger partial charge in [-0.2, -0.15) is 0 Å². The van der Waals surface area contributed by atoms with Crippen LogP contribution in [0.5, 0.6) is 5.75 Å². The lowest BCUT2D eigenvalue weighted by atomic mass is 10.1. The number of carbonyl (C=O) groups excluding carboxylic acids is 2. The van der Waals surface area contributed by atoms with Crippen molar-refractivity contribution in [3.8, 4) is 5.75 Å².